The molecule has 0 atom stereocenters. The van der Waals surface area contributed by atoms with E-state index in [2.05, 4.69) is 22.0 Å². The largest absolute Gasteiger partial charge is 0.363 e. The Kier molecular flexibility index (Phi) is 6.86. The summed E-state index contributed by atoms with van der Waals surface area (Å²) in [6.07, 6.45) is 2.31. The molecule has 1 aliphatic heterocycles. The van der Waals surface area contributed by atoms with Crippen molar-refractivity contribution in [3.8, 4) is 0 Å². The van der Waals surface area contributed by atoms with Gasteiger partial charge in [-0.3, -0.25) is 4.90 Å². The average Bonchev–Trinajstić information content (AvgIpc) is 2.51. The first kappa shape index (κ1) is 17.4. The Bertz CT molecular complexity index is 504. The first-order valence-electron chi connectivity index (χ1n) is 7.79. The number of nitrogens with one attached hydrogen (secondary N) is 1. The highest BCUT2D eigenvalue weighted by Gasteiger charge is 2.19. The first-order chi connectivity index (χ1) is 10.6. The van der Waals surface area contributed by atoms with Gasteiger partial charge in [0.25, 0.3) is 0 Å². The molecule has 2 rings (SSSR count). The topological polar surface area (TPSA) is 18.5 Å². The van der Waals surface area contributed by atoms with E-state index in [1.54, 1.807) is 6.07 Å². The van der Waals surface area contributed by atoms with Gasteiger partial charge in [-0.05, 0) is 36.3 Å². The van der Waals surface area contributed by atoms with E-state index < -0.39 is 0 Å². The standard InChI is InChI=1S/C16H23ClFN3S/c1-2-3-6-19-16(22)21-9-7-20(8-10-21)12-13-4-5-14(18)11-15(13)17/h4-5,11H,2-3,6-10,12H2,1H3,(H,19,22). The Morgan fingerprint density at radius 2 is 2.05 bits per heavy atom. The average molecular weight is 344 g/mol. The normalized spacial score (nSPS) is 15.9. The van der Waals surface area contributed by atoms with Gasteiger partial charge in [0.2, 0.25) is 0 Å². The summed E-state index contributed by atoms with van der Waals surface area (Å²) >= 11 is 11.5. The number of piperazine rings is 1. The minimum atomic E-state index is -0.290. The predicted octanol–water partition coefficient (Wildman–Crippen LogP) is 3.27. The zero-order valence-corrected chi connectivity index (χ0v) is 14.5. The molecule has 0 amide bonds. The zero-order valence-electron chi connectivity index (χ0n) is 12.9. The van der Waals surface area contributed by atoms with Crippen LogP contribution >= 0.6 is 23.8 Å². The van der Waals surface area contributed by atoms with Gasteiger partial charge in [0, 0.05) is 44.3 Å². The molecule has 1 heterocycles. The summed E-state index contributed by atoms with van der Waals surface area (Å²) < 4.78 is 13.1. The highest BCUT2D eigenvalue weighted by Crippen LogP contribution is 2.19. The maximum atomic E-state index is 13.1. The van der Waals surface area contributed by atoms with Crippen LogP contribution in [0.3, 0.4) is 0 Å². The van der Waals surface area contributed by atoms with Crippen molar-refractivity contribution in [3.05, 3.63) is 34.6 Å². The lowest BCUT2D eigenvalue weighted by atomic mass is 10.2. The second-order valence-electron chi connectivity index (χ2n) is 5.58. The Morgan fingerprint density at radius 1 is 1.32 bits per heavy atom. The van der Waals surface area contributed by atoms with Crippen LogP contribution in [0.1, 0.15) is 25.3 Å². The predicted molar refractivity (Wildman–Crippen MR) is 93.8 cm³/mol. The first-order valence-corrected chi connectivity index (χ1v) is 8.58. The summed E-state index contributed by atoms with van der Waals surface area (Å²) in [5, 5.41) is 4.66. The zero-order chi connectivity index (χ0) is 15.9. The molecule has 6 heteroatoms. The van der Waals surface area contributed by atoms with Crippen LogP contribution < -0.4 is 5.32 Å². The number of halogens is 2. The van der Waals surface area contributed by atoms with E-state index in [9.17, 15) is 4.39 Å². The number of unbranched alkanes of at least 4 members (excludes halogenated alkanes) is 1. The molecule has 1 aliphatic rings. The summed E-state index contributed by atoms with van der Waals surface area (Å²) in [6, 6.07) is 4.60. The van der Waals surface area contributed by atoms with Gasteiger partial charge in [0.1, 0.15) is 5.82 Å². The van der Waals surface area contributed by atoms with Crippen LogP contribution in [-0.2, 0) is 6.54 Å². The molecule has 22 heavy (non-hydrogen) atoms. The van der Waals surface area contributed by atoms with E-state index in [-0.39, 0.29) is 5.82 Å². The van der Waals surface area contributed by atoms with Crippen LogP contribution in [0.5, 0.6) is 0 Å². The van der Waals surface area contributed by atoms with Crippen molar-refractivity contribution in [2.45, 2.75) is 26.3 Å². The van der Waals surface area contributed by atoms with Crippen LogP contribution in [0.15, 0.2) is 18.2 Å². The number of hydrogen-bond donors (Lipinski definition) is 1. The van der Waals surface area contributed by atoms with Crippen LogP contribution in [0.2, 0.25) is 5.02 Å². The molecule has 0 aromatic heterocycles. The van der Waals surface area contributed by atoms with Gasteiger partial charge in [0.05, 0.1) is 0 Å². The molecule has 1 aromatic carbocycles. The molecule has 0 spiro atoms. The van der Waals surface area contributed by atoms with Crippen LogP contribution in [0.25, 0.3) is 0 Å². The third kappa shape index (κ3) is 5.07. The summed E-state index contributed by atoms with van der Waals surface area (Å²) in [6.45, 7) is 7.56. The van der Waals surface area contributed by atoms with Crippen molar-refractivity contribution >= 4 is 28.9 Å². The lowest BCUT2D eigenvalue weighted by Gasteiger charge is -2.36. The number of thiocarbonyl (C=S) groups is 1. The van der Waals surface area contributed by atoms with Gasteiger partial charge in [0.15, 0.2) is 5.11 Å². The summed E-state index contributed by atoms with van der Waals surface area (Å²) in [4.78, 5) is 4.54. The lowest BCUT2D eigenvalue weighted by molar-refractivity contribution is 0.174. The third-order valence-electron chi connectivity index (χ3n) is 3.88. The smallest absolute Gasteiger partial charge is 0.169 e. The maximum Gasteiger partial charge on any atom is 0.169 e. The molecule has 3 nitrogen and oxygen atoms in total. The van der Waals surface area contributed by atoms with Gasteiger partial charge in [-0.1, -0.05) is 31.0 Å². The molecular weight excluding hydrogens is 321 g/mol. The van der Waals surface area contributed by atoms with Crippen molar-refractivity contribution in [2.75, 3.05) is 32.7 Å². The fraction of sp³-hybridized carbons (Fsp3) is 0.562. The van der Waals surface area contributed by atoms with Crippen LogP contribution in [-0.4, -0.2) is 47.6 Å². The number of benzene rings is 1. The molecule has 1 aromatic rings. The van der Waals surface area contributed by atoms with Gasteiger partial charge >= 0.3 is 0 Å². The minimum absolute atomic E-state index is 0.290. The highest BCUT2D eigenvalue weighted by atomic mass is 35.5. The van der Waals surface area contributed by atoms with Crippen molar-refractivity contribution in [2.24, 2.45) is 0 Å². The molecule has 0 unspecified atom stereocenters. The molecule has 122 valence electrons. The van der Waals surface area contributed by atoms with Gasteiger partial charge in [-0.2, -0.15) is 0 Å². The second-order valence-corrected chi connectivity index (χ2v) is 6.38. The molecule has 1 fully saturated rings. The van der Waals surface area contributed by atoms with Crippen molar-refractivity contribution in [1.82, 2.24) is 15.1 Å². The summed E-state index contributed by atoms with van der Waals surface area (Å²) in [5.41, 5.74) is 0.972. The van der Waals surface area contributed by atoms with E-state index in [0.717, 1.165) is 56.4 Å². The summed E-state index contributed by atoms with van der Waals surface area (Å²) in [5.74, 6) is -0.290. The monoisotopic (exact) mass is 343 g/mol. The summed E-state index contributed by atoms with van der Waals surface area (Å²) in [7, 11) is 0. The number of rotatable bonds is 5. The van der Waals surface area contributed by atoms with Crippen LogP contribution in [0, 0.1) is 5.82 Å². The van der Waals surface area contributed by atoms with Crippen molar-refractivity contribution < 1.29 is 4.39 Å². The fourth-order valence-corrected chi connectivity index (χ4v) is 3.00. The Morgan fingerprint density at radius 3 is 2.68 bits per heavy atom. The Hall–Kier alpha value is -0.910. The minimum Gasteiger partial charge on any atom is -0.363 e. The van der Waals surface area contributed by atoms with Gasteiger partial charge in [-0.25, -0.2) is 4.39 Å². The highest BCUT2D eigenvalue weighted by molar-refractivity contribution is 7.80. The van der Waals surface area contributed by atoms with E-state index in [1.807, 2.05) is 0 Å². The van der Waals surface area contributed by atoms with E-state index in [4.69, 9.17) is 23.8 Å². The molecule has 0 bridgehead atoms. The SMILES string of the molecule is CCCCNC(=S)N1CCN(Cc2ccc(F)cc2Cl)CC1. The van der Waals surface area contributed by atoms with E-state index in [0.29, 0.717) is 5.02 Å². The van der Waals surface area contributed by atoms with Gasteiger partial charge < -0.3 is 10.2 Å². The van der Waals surface area contributed by atoms with Crippen molar-refractivity contribution in [1.29, 1.82) is 0 Å². The fourth-order valence-electron chi connectivity index (χ4n) is 2.48. The molecule has 0 saturated carbocycles. The van der Waals surface area contributed by atoms with Crippen LogP contribution in [0.4, 0.5) is 4.39 Å². The Balaban J connectivity index is 1.78. The molecule has 0 aliphatic carbocycles. The molecule has 0 radical (unpaired) electrons. The molecular formula is C16H23ClFN3S. The van der Waals surface area contributed by atoms with Crippen molar-refractivity contribution in [3.63, 3.8) is 0 Å². The maximum absolute atomic E-state index is 13.1. The number of nitrogens with zero attached hydrogens (tertiary/aromatic N) is 2. The lowest BCUT2D eigenvalue weighted by Crippen LogP contribution is -2.51. The molecule has 1 saturated heterocycles. The second kappa shape index (κ2) is 8.65. The quantitative estimate of drug-likeness (QED) is 0.653. The third-order valence-corrected chi connectivity index (χ3v) is 4.63. The Labute approximate surface area is 142 Å². The van der Waals surface area contributed by atoms with E-state index >= 15 is 0 Å². The number of hydrogen-bond acceptors (Lipinski definition) is 2. The van der Waals surface area contributed by atoms with Gasteiger partial charge in [-0.15, -0.1) is 0 Å². The molecule has 1 N–H and O–H groups in total. The van der Waals surface area contributed by atoms with E-state index in [1.165, 1.54) is 18.6 Å².